The van der Waals surface area contributed by atoms with Gasteiger partial charge in [0.15, 0.2) is 5.50 Å². The van der Waals surface area contributed by atoms with Crippen LogP contribution in [0.4, 0.5) is 5.69 Å². The number of thioether (sulfide) groups is 1. The van der Waals surface area contributed by atoms with Crippen LogP contribution in [-0.4, -0.2) is 18.5 Å². The number of carbonyl (C=O) groups is 1. The number of aryl methyl sites for hydroxylation is 2. The number of halogens is 1. The number of benzene rings is 2. The third-order valence-corrected chi connectivity index (χ3v) is 5.19. The molecule has 4 nitrogen and oxygen atoms in total. The average molecular weight is 375 g/mol. The predicted molar refractivity (Wildman–Crippen MR) is 105 cm³/mol. The lowest BCUT2D eigenvalue weighted by atomic mass is 10.1. The van der Waals surface area contributed by atoms with E-state index in [4.69, 9.17) is 16.3 Å². The van der Waals surface area contributed by atoms with E-state index in [1.165, 1.54) is 11.8 Å². The van der Waals surface area contributed by atoms with E-state index in [1.54, 1.807) is 7.11 Å². The highest BCUT2D eigenvalue weighted by atomic mass is 35.5. The molecule has 3 rings (SSSR count). The summed E-state index contributed by atoms with van der Waals surface area (Å²) in [6, 6.07) is 11.5. The monoisotopic (exact) mass is 374 g/mol. The van der Waals surface area contributed by atoms with Gasteiger partial charge in [-0.2, -0.15) is 0 Å². The van der Waals surface area contributed by atoms with Crippen LogP contribution < -0.4 is 15.4 Å². The van der Waals surface area contributed by atoms with Gasteiger partial charge in [-0.25, -0.2) is 0 Å². The summed E-state index contributed by atoms with van der Waals surface area (Å²) < 4.78 is 5.27. The molecule has 2 N–H and O–H groups in total. The highest BCUT2D eigenvalue weighted by Gasteiger charge is 2.27. The van der Waals surface area contributed by atoms with Crippen LogP contribution in [0, 0.1) is 13.8 Å². The molecule has 2 aromatic carbocycles. The lowest BCUT2D eigenvalue weighted by Gasteiger charge is -2.15. The molecule has 1 amide bonds. The summed E-state index contributed by atoms with van der Waals surface area (Å²) in [5, 5.41) is 6.96. The Morgan fingerprint density at radius 3 is 2.68 bits per heavy atom. The molecule has 0 bridgehead atoms. The first-order valence-electron chi connectivity index (χ1n) is 7.83. The Kier molecular flexibility index (Phi) is 5.25. The van der Waals surface area contributed by atoms with Crippen molar-refractivity contribution in [2.45, 2.75) is 19.3 Å². The average Bonchev–Trinajstić information content (AvgIpc) is 2.90. The molecule has 0 aromatic heterocycles. The standard InChI is InChI=1S/C19H19ClN2O2S/c1-11-9-14(20)5-6-15(11)21-19-22-18(23)17(25-19)10-13-4-7-16(24-3)12(2)8-13/h4-10,19,21H,1-3H3,(H,22,23)/b17-10-. The second kappa shape index (κ2) is 7.42. The van der Waals surface area contributed by atoms with Gasteiger partial charge in [-0.1, -0.05) is 29.4 Å². The van der Waals surface area contributed by atoms with Crippen molar-refractivity contribution in [3.63, 3.8) is 0 Å². The molecule has 6 heteroatoms. The minimum Gasteiger partial charge on any atom is -0.496 e. The smallest absolute Gasteiger partial charge is 0.260 e. The van der Waals surface area contributed by atoms with Crippen LogP contribution in [0.15, 0.2) is 41.3 Å². The van der Waals surface area contributed by atoms with Gasteiger partial charge >= 0.3 is 0 Å². The van der Waals surface area contributed by atoms with E-state index in [1.807, 2.05) is 56.3 Å². The van der Waals surface area contributed by atoms with E-state index < -0.39 is 0 Å². The Morgan fingerprint density at radius 2 is 2.00 bits per heavy atom. The predicted octanol–water partition coefficient (Wildman–Crippen LogP) is 4.57. The topological polar surface area (TPSA) is 50.4 Å². The summed E-state index contributed by atoms with van der Waals surface area (Å²) in [5.41, 5.74) is 3.78. The number of ether oxygens (including phenoxy) is 1. The highest BCUT2D eigenvalue weighted by molar-refractivity contribution is 8.05. The number of carbonyl (C=O) groups excluding carboxylic acids is 1. The summed E-state index contributed by atoms with van der Waals surface area (Å²) in [6.45, 7) is 3.96. The van der Waals surface area contributed by atoms with Gasteiger partial charge in [-0.05, 0) is 66.9 Å². The van der Waals surface area contributed by atoms with Crippen molar-refractivity contribution in [3.8, 4) is 5.75 Å². The molecule has 1 fully saturated rings. The van der Waals surface area contributed by atoms with Gasteiger partial charge in [0, 0.05) is 10.7 Å². The van der Waals surface area contributed by atoms with Gasteiger partial charge in [0.1, 0.15) is 5.75 Å². The fraction of sp³-hybridized carbons (Fsp3) is 0.211. The normalized spacial score (nSPS) is 18.3. The molecule has 0 saturated carbocycles. The summed E-state index contributed by atoms with van der Waals surface area (Å²) >= 11 is 7.45. The summed E-state index contributed by atoms with van der Waals surface area (Å²) in [4.78, 5) is 12.9. The number of rotatable bonds is 4. The zero-order valence-electron chi connectivity index (χ0n) is 14.2. The molecule has 1 aliphatic heterocycles. The molecule has 2 aromatic rings. The maximum Gasteiger partial charge on any atom is 0.260 e. The molecular formula is C19H19ClN2O2S. The van der Waals surface area contributed by atoms with E-state index in [0.29, 0.717) is 9.93 Å². The molecule has 1 saturated heterocycles. The van der Waals surface area contributed by atoms with E-state index in [2.05, 4.69) is 10.6 Å². The molecule has 1 heterocycles. The largest absolute Gasteiger partial charge is 0.496 e. The highest BCUT2D eigenvalue weighted by Crippen LogP contribution is 2.32. The summed E-state index contributed by atoms with van der Waals surface area (Å²) in [5.74, 6) is 0.756. The van der Waals surface area contributed by atoms with Crippen molar-refractivity contribution < 1.29 is 9.53 Å². The summed E-state index contributed by atoms with van der Waals surface area (Å²) in [6.07, 6.45) is 1.89. The maximum absolute atomic E-state index is 12.2. The SMILES string of the molecule is COc1ccc(/C=C2\SC(Nc3ccc(Cl)cc3C)NC2=O)cc1C. The van der Waals surface area contributed by atoms with E-state index in [0.717, 1.165) is 28.1 Å². The van der Waals surface area contributed by atoms with Gasteiger partial charge < -0.3 is 15.4 Å². The van der Waals surface area contributed by atoms with Crippen LogP contribution in [0.5, 0.6) is 5.75 Å². The van der Waals surface area contributed by atoms with Crippen molar-refractivity contribution in [2.75, 3.05) is 12.4 Å². The fourth-order valence-corrected chi connectivity index (χ4v) is 3.84. The van der Waals surface area contributed by atoms with Gasteiger partial charge in [0.05, 0.1) is 12.0 Å². The lowest BCUT2D eigenvalue weighted by molar-refractivity contribution is -0.116. The molecule has 1 aliphatic rings. The minimum absolute atomic E-state index is 0.0809. The zero-order valence-corrected chi connectivity index (χ0v) is 15.8. The maximum atomic E-state index is 12.2. The van der Waals surface area contributed by atoms with Crippen molar-refractivity contribution >= 4 is 41.0 Å². The zero-order chi connectivity index (χ0) is 18.0. The van der Waals surface area contributed by atoms with Crippen LogP contribution in [0.25, 0.3) is 6.08 Å². The minimum atomic E-state index is -0.210. The quantitative estimate of drug-likeness (QED) is 0.770. The van der Waals surface area contributed by atoms with Gasteiger partial charge in [-0.3, -0.25) is 4.79 Å². The first-order chi connectivity index (χ1) is 12.0. The van der Waals surface area contributed by atoms with Crippen LogP contribution in [0.1, 0.15) is 16.7 Å². The van der Waals surface area contributed by atoms with Crippen molar-refractivity contribution in [3.05, 3.63) is 63.0 Å². The Morgan fingerprint density at radius 1 is 1.20 bits per heavy atom. The lowest BCUT2D eigenvalue weighted by Crippen LogP contribution is -2.31. The van der Waals surface area contributed by atoms with Gasteiger partial charge in [0.2, 0.25) is 0 Å². The third kappa shape index (κ3) is 4.11. The Balaban J connectivity index is 1.74. The molecule has 0 radical (unpaired) electrons. The first-order valence-corrected chi connectivity index (χ1v) is 9.08. The van der Waals surface area contributed by atoms with Crippen LogP contribution in [0.2, 0.25) is 5.02 Å². The molecule has 1 atom stereocenters. The third-order valence-electron chi connectivity index (χ3n) is 3.92. The molecule has 0 aliphatic carbocycles. The number of hydrogen-bond acceptors (Lipinski definition) is 4. The Bertz CT molecular complexity index is 851. The molecule has 0 spiro atoms. The van der Waals surface area contributed by atoms with Crippen molar-refractivity contribution in [2.24, 2.45) is 0 Å². The van der Waals surface area contributed by atoms with Crippen LogP contribution >= 0.6 is 23.4 Å². The molecule has 1 unspecified atom stereocenters. The van der Waals surface area contributed by atoms with E-state index in [9.17, 15) is 4.79 Å². The molecular weight excluding hydrogens is 356 g/mol. The Labute approximate surface area is 156 Å². The number of amides is 1. The summed E-state index contributed by atoms with van der Waals surface area (Å²) in [7, 11) is 1.65. The number of methoxy groups -OCH3 is 1. The second-order valence-electron chi connectivity index (χ2n) is 5.81. The van der Waals surface area contributed by atoms with Gasteiger partial charge in [-0.15, -0.1) is 0 Å². The number of nitrogens with one attached hydrogen (secondary N) is 2. The van der Waals surface area contributed by atoms with Crippen molar-refractivity contribution in [1.29, 1.82) is 0 Å². The fourth-order valence-electron chi connectivity index (χ4n) is 2.64. The molecule has 130 valence electrons. The number of hydrogen-bond donors (Lipinski definition) is 2. The van der Waals surface area contributed by atoms with Crippen LogP contribution in [0.3, 0.4) is 0 Å². The first kappa shape index (κ1) is 17.7. The van der Waals surface area contributed by atoms with Gasteiger partial charge in [0.25, 0.3) is 5.91 Å². The van der Waals surface area contributed by atoms with Crippen molar-refractivity contribution in [1.82, 2.24) is 5.32 Å². The van der Waals surface area contributed by atoms with Crippen LogP contribution in [-0.2, 0) is 4.79 Å². The second-order valence-corrected chi connectivity index (χ2v) is 7.40. The molecule has 25 heavy (non-hydrogen) atoms. The Hall–Kier alpha value is -2.11. The number of anilines is 1. The van der Waals surface area contributed by atoms with E-state index >= 15 is 0 Å². The van der Waals surface area contributed by atoms with E-state index in [-0.39, 0.29) is 11.4 Å².